The third kappa shape index (κ3) is 3.02. The maximum absolute atomic E-state index is 5.86. The average Bonchev–Trinajstić information content (AvgIpc) is 2.94. The fourth-order valence-electron chi connectivity index (χ4n) is 2.79. The number of ether oxygens (including phenoxy) is 1. The molecule has 3 rings (SSSR count). The van der Waals surface area contributed by atoms with Crippen LogP contribution in [0.4, 0.5) is 0 Å². The van der Waals surface area contributed by atoms with E-state index in [1.807, 2.05) is 19.2 Å². The fraction of sp³-hybridized carbons (Fsp3) is 0.333. The number of fused-ring (bicyclic) bond motifs is 1. The summed E-state index contributed by atoms with van der Waals surface area (Å²) in [6.07, 6.45) is 3.76. The van der Waals surface area contributed by atoms with Crippen molar-refractivity contribution in [1.82, 2.24) is 5.32 Å². The smallest absolute Gasteiger partial charge is 0.119 e. The van der Waals surface area contributed by atoms with Gasteiger partial charge in [-0.2, -0.15) is 0 Å². The molecule has 1 aliphatic carbocycles. The Labute approximate surface area is 120 Å². The lowest BCUT2D eigenvalue weighted by molar-refractivity contribution is 0.306. The minimum Gasteiger partial charge on any atom is -0.489 e. The van der Waals surface area contributed by atoms with Gasteiger partial charge in [0.1, 0.15) is 12.4 Å². The molecule has 1 N–H and O–H groups in total. The molecule has 0 aromatic heterocycles. The third-order valence-corrected chi connectivity index (χ3v) is 3.87. The number of rotatable bonds is 5. The zero-order valence-corrected chi connectivity index (χ0v) is 12.0. The zero-order chi connectivity index (χ0) is 13.8. The lowest BCUT2D eigenvalue weighted by Gasteiger charge is -2.09. The van der Waals surface area contributed by atoms with E-state index in [1.54, 1.807) is 0 Å². The Hall–Kier alpha value is -1.80. The maximum Gasteiger partial charge on any atom is 0.119 e. The van der Waals surface area contributed by atoms with Gasteiger partial charge < -0.3 is 10.1 Å². The lowest BCUT2D eigenvalue weighted by Crippen LogP contribution is -2.04. The second-order valence-corrected chi connectivity index (χ2v) is 5.42. The molecule has 0 saturated carbocycles. The molecule has 0 saturated heterocycles. The van der Waals surface area contributed by atoms with Crippen molar-refractivity contribution in [2.45, 2.75) is 32.4 Å². The molecule has 104 valence electrons. The van der Waals surface area contributed by atoms with Gasteiger partial charge in [-0.15, -0.1) is 0 Å². The van der Waals surface area contributed by atoms with Crippen molar-refractivity contribution in [3.05, 3.63) is 64.7 Å². The lowest BCUT2D eigenvalue weighted by atomic mass is 10.1. The minimum absolute atomic E-state index is 0.651. The van der Waals surface area contributed by atoms with Gasteiger partial charge in [0.05, 0.1) is 0 Å². The Bertz CT molecular complexity index is 574. The number of hydrogen-bond donors (Lipinski definition) is 1. The van der Waals surface area contributed by atoms with Gasteiger partial charge in [0.2, 0.25) is 0 Å². The van der Waals surface area contributed by atoms with Crippen LogP contribution in [0.1, 0.15) is 28.7 Å². The normalized spacial score (nSPS) is 13.2. The summed E-state index contributed by atoms with van der Waals surface area (Å²) in [4.78, 5) is 0. The number of aryl methyl sites for hydroxylation is 2. The maximum atomic E-state index is 5.86. The quantitative estimate of drug-likeness (QED) is 0.895. The Morgan fingerprint density at radius 2 is 1.70 bits per heavy atom. The summed E-state index contributed by atoms with van der Waals surface area (Å²) < 4.78 is 5.86. The predicted molar refractivity (Wildman–Crippen MR) is 82.0 cm³/mol. The van der Waals surface area contributed by atoms with E-state index in [2.05, 4.69) is 35.6 Å². The van der Waals surface area contributed by atoms with Gasteiger partial charge in [-0.05, 0) is 60.7 Å². The third-order valence-electron chi connectivity index (χ3n) is 3.87. The molecular formula is C18H21NO. The first kappa shape index (κ1) is 13.2. The summed E-state index contributed by atoms with van der Waals surface area (Å²) in [5.74, 6) is 0.936. The van der Waals surface area contributed by atoms with Crippen molar-refractivity contribution in [2.75, 3.05) is 7.05 Å². The van der Waals surface area contributed by atoms with Crippen LogP contribution in [0.2, 0.25) is 0 Å². The Balaban J connectivity index is 1.61. The fourth-order valence-corrected chi connectivity index (χ4v) is 2.79. The van der Waals surface area contributed by atoms with Crippen LogP contribution in [-0.2, 0) is 26.0 Å². The van der Waals surface area contributed by atoms with E-state index in [0.717, 1.165) is 12.3 Å². The van der Waals surface area contributed by atoms with Crippen molar-refractivity contribution in [3.63, 3.8) is 0 Å². The van der Waals surface area contributed by atoms with E-state index >= 15 is 0 Å². The molecule has 0 spiro atoms. The summed E-state index contributed by atoms with van der Waals surface area (Å²) in [5.41, 5.74) is 5.57. The highest BCUT2D eigenvalue weighted by Gasteiger charge is 2.10. The molecule has 2 aromatic carbocycles. The molecule has 0 bridgehead atoms. The zero-order valence-electron chi connectivity index (χ0n) is 12.0. The first-order valence-corrected chi connectivity index (χ1v) is 7.32. The molecule has 2 aromatic rings. The van der Waals surface area contributed by atoms with E-state index in [9.17, 15) is 0 Å². The molecule has 0 fully saturated rings. The van der Waals surface area contributed by atoms with Crippen LogP contribution in [0.15, 0.2) is 42.5 Å². The topological polar surface area (TPSA) is 21.3 Å². The molecule has 1 aliphatic rings. The molecule has 0 amide bonds. The van der Waals surface area contributed by atoms with Gasteiger partial charge >= 0.3 is 0 Å². The number of hydrogen-bond acceptors (Lipinski definition) is 2. The second kappa shape index (κ2) is 6.10. The van der Waals surface area contributed by atoms with Crippen LogP contribution >= 0.6 is 0 Å². The Morgan fingerprint density at radius 1 is 0.950 bits per heavy atom. The summed E-state index contributed by atoms with van der Waals surface area (Å²) in [7, 11) is 1.96. The summed E-state index contributed by atoms with van der Waals surface area (Å²) in [6, 6.07) is 15.1. The molecule has 2 nitrogen and oxygen atoms in total. The van der Waals surface area contributed by atoms with Crippen LogP contribution in [0.25, 0.3) is 0 Å². The first-order chi connectivity index (χ1) is 9.85. The first-order valence-electron chi connectivity index (χ1n) is 7.32. The SMILES string of the molecule is CNCc1ccc(OCc2ccc3c(c2)CCC3)cc1. The molecule has 20 heavy (non-hydrogen) atoms. The standard InChI is InChI=1S/C18H21NO/c1-19-12-14-6-9-18(10-7-14)20-13-15-5-8-16-3-2-4-17(16)11-15/h5-11,19H,2-4,12-13H2,1H3. The molecule has 0 atom stereocenters. The van der Waals surface area contributed by atoms with Gasteiger partial charge in [-0.3, -0.25) is 0 Å². The highest BCUT2D eigenvalue weighted by Crippen LogP contribution is 2.23. The van der Waals surface area contributed by atoms with Crippen LogP contribution < -0.4 is 10.1 Å². The van der Waals surface area contributed by atoms with Crippen LogP contribution in [0, 0.1) is 0 Å². The summed E-state index contributed by atoms with van der Waals surface area (Å²) in [6.45, 7) is 1.55. The Kier molecular flexibility index (Phi) is 4.03. The van der Waals surface area contributed by atoms with E-state index in [0.29, 0.717) is 6.61 Å². The van der Waals surface area contributed by atoms with Crippen molar-refractivity contribution in [3.8, 4) is 5.75 Å². The van der Waals surface area contributed by atoms with Crippen LogP contribution in [-0.4, -0.2) is 7.05 Å². The largest absolute Gasteiger partial charge is 0.489 e. The monoisotopic (exact) mass is 267 g/mol. The highest BCUT2D eigenvalue weighted by atomic mass is 16.5. The second-order valence-electron chi connectivity index (χ2n) is 5.42. The molecular weight excluding hydrogens is 246 g/mol. The van der Waals surface area contributed by atoms with Gasteiger partial charge in [-0.1, -0.05) is 30.3 Å². The van der Waals surface area contributed by atoms with E-state index < -0.39 is 0 Å². The van der Waals surface area contributed by atoms with Gasteiger partial charge in [0, 0.05) is 6.54 Å². The summed E-state index contributed by atoms with van der Waals surface area (Å²) >= 11 is 0. The van der Waals surface area contributed by atoms with Crippen molar-refractivity contribution >= 4 is 0 Å². The molecule has 0 heterocycles. The van der Waals surface area contributed by atoms with Crippen molar-refractivity contribution < 1.29 is 4.74 Å². The van der Waals surface area contributed by atoms with Crippen LogP contribution in [0.3, 0.4) is 0 Å². The van der Waals surface area contributed by atoms with E-state index in [4.69, 9.17) is 4.74 Å². The summed E-state index contributed by atoms with van der Waals surface area (Å²) in [5, 5.41) is 3.14. The molecule has 0 radical (unpaired) electrons. The van der Waals surface area contributed by atoms with E-state index in [-0.39, 0.29) is 0 Å². The number of benzene rings is 2. The van der Waals surface area contributed by atoms with Gasteiger partial charge in [-0.25, -0.2) is 0 Å². The average molecular weight is 267 g/mol. The van der Waals surface area contributed by atoms with Crippen molar-refractivity contribution in [1.29, 1.82) is 0 Å². The minimum atomic E-state index is 0.651. The molecule has 0 unspecified atom stereocenters. The van der Waals surface area contributed by atoms with Gasteiger partial charge in [0.15, 0.2) is 0 Å². The molecule has 0 aliphatic heterocycles. The Morgan fingerprint density at radius 3 is 2.50 bits per heavy atom. The van der Waals surface area contributed by atoms with Crippen molar-refractivity contribution in [2.24, 2.45) is 0 Å². The van der Waals surface area contributed by atoms with Gasteiger partial charge in [0.25, 0.3) is 0 Å². The van der Waals surface area contributed by atoms with E-state index in [1.165, 1.54) is 41.5 Å². The predicted octanol–water partition coefficient (Wildman–Crippen LogP) is 3.47. The highest BCUT2D eigenvalue weighted by molar-refractivity contribution is 5.35. The van der Waals surface area contributed by atoms with Crippen LogP contribution in [0.5, 0.6) is 5.75 Å². The number of nitrogens with one attached hydrogen (secondary N) is 1. The molecule has 2 heteroatoms.